The number of aliphatic carboxylic acids is 1. The van der Waals surface area contributed by atoms with E-state index in [4.69, 9.17) is 10.8 Å². The van der Waals surface area contributed by atoms with E-state index in [-0.39, 0.29) is 12.0 Å². The summed E-state index contributed by atoms with van der Waals surface area (Å²) in [6.07, 6.45) is 1.54. The van der Waals surface area contributed by atoms with Crippen LogP contribution in [0.25, 0.3) is 0 Å². The first-order chi connectivity index (χ1) is 9.43. The van der Waals surface area contributed by atoms with Crippen molar-refractivity contribution < 1.29 is 19.5 Å². The van der Waals surface area contributed by atoms with Gasteiger partial charge in [0.25, 0.3) is 5.91 Å². The molecule has 0 radical (unpaired) electrons. The number of hydrogen-bond acceptors (Lipinski definition) is 3. The fourth-order valence-corrected chi connectivity index (χ4v) is 1.48. The molecule has 0 aromatic heterocycles. The van der Waals surface area contributed by atoms with Crippen LogP contribution in [-0.2, 0) is 4.79 Å². The highest BCUT2D eigenvalue weighted by Crippen LogP contribution is 2.09. The molecule has 106 valence electrons. The van der Waals surface area contributed by atoms with E-state index in [0.717, 1.165) is 0 Å². The summed E-state index contributed by atoms with van der Waals surface area (Å²) in [6.45, 7) is 3.44. The van der Waals surface area contributed by atoms with Crippen molar-refractivity contribution in [1.82, 2.24) is 5.32 Å². The molecular formula is C13H15N3O4. The molecule has 3 amide bonds. The predicted molar refractivity (Wildman–Crippen MR) is 73.4 cm³/mol. The van der Waals surface area contributed by atoms with Crippen molar-refractivity contribution in [2.45, 2.75) is 12.5 Å². The van der Waals surface area contributed by atoms with Crippen molar-refractivity contribution in [2.24, 2.45) is 5.73 Å². The van der Waals surface area contributed by atoms with Crippen molar-refractivity contribution >= 4 is 23.6 Å². The topological polar surface area (TPSA) is 122 Å². The summed E-state index contributed by atoms with van der Waals surface area (Å²) < 4.78 is 0. The van der Waals surface area contributed by atoms with Crippen molar-refractivity contribution in [2.75, 3.05) is 5.32 Å². The first-order valence-electron chi connectivity index (χ1n) is 5.75. The van der Waals surface area contributed by atoms with E-state index in [0.29, 0.717) is 5.69 Å². The third-order valence-corrected chi connectivity index (χ3v) is 2.42. The lowest BCUT2D eigenvalue weighted by atomic mass is 10.1. The zero-order valence-electron chi connectivity index (χ0n) is 10.6. The highest BCUT2D eigenvalue weighted by atomic mass is 16.4. The SMILES string of the molecule is C=CCC(NC(=O)c1ccc(NC(N)=O)cc1)C(=O)O. The summed E-state index contributed by atoms with van der Waals surface area (Å²) in [6, 6.07) is 4.15. The van der Waals surface area contributed by atoms with E-state index >= 15 is 0 Å². The Morgan fingerprint density at radius 1 is 1.30 bits per heavy atom. The van der Waals surface area contributed by atoms with Gasteiger partial charge >= 0.3 is 12.0 Å². The number of amides is 3. The van der Waals surface area contributed by atoms with Gasteiger partial charge in [-0.3, -0.25) is 4.79 Å². The molecule has 1 unspecified atom stereocenters. The smallest absolute Gasteiger partial charge is 0.326 e. The van der Waals surface area contributed by atoms with Gasteiger partial charge < -0.3 is 21.5 Å². The molecule has 1 aromatic rings. The molecule has 7 nitrogen and oxygen atoms in total. The summed E-state index contributed by atoms with van der Waals surface area (Å²) in [5.41, 5.74) is 5.66. The second-order valence-electron chi connectivity index (χ2n) is 3.96. The number of anilines is 1. The van der Waals surface area contributed by atoms with E-state index in [9.17, 15) is 14.4 Å². The number of nitrogens with two attached hydrogens (primary N) is 1. The zero-order valence-corrected chi connectivity index (χ0v) is 10.6. The van der Waals surface area contributed by atoms with Gasteiger partial charge in [-0.1, -0.05) is 6.08 Å². The maximum atomic E-state index is 11.8. The number of benzene rings is 1. The van der Waals surface area contributed by atoms with Crippen LogP contribution >= 0.6 is 0 Å². The number of carboxylic acid groups (broad SMARTS) is 1. The van der Waals surface area contributed by atoms with Gasteiger partial charge in [0.05, 0.1) is 0 Å². The zero-order chi connectivity index (χ0) is 15.1. The maximum Gasteiger partial charge on any atom is 0.326 e. The number of nitrogens with one attached hydrogen (secondary N) is 2. The van der Waals surface area contributed by atoms with Gasteiger partial charge in [-0.15, -0.1) is 6.58 Å². The number of primary amides is 1. The van der Waals surface area contributed by atoms with Crippen LogP contribution in [0.4, 0.5) is 10.5 Å². The Morgan fingerprint density at radius 2 is 1.90 bits per heavy atom. The first-order valence-corrected chi connectivity index (χ1v) is 5.75. The van der Waals surface area contributed by atoms with Crippen molar-refractivity contribution in [3.8, 4) is 0 Å². The number of carbonyl (C=O) groups is 3. The van der Waals surface area contributed by atoms with Crippen molar-refractivity contribution in [3.63, 3.8) is 0 Å². The third kappa shape index (κ3) is 4.45. The summed E-state index contributed by atoms with van der Waals surface area (Å²) in [5, 5.41) is 13.6. The molecule has 0 aliphatic carbocycles. The molecule has 0 saturated carbocycles. The largest absolute Gasteiger partial charge is 0.480 e. The Hall–Kier alpha value is -2.83. The average molecular weight is 277 g/mol. The minimum absolute atomic E-state index is 0.127. The van der Waals surface area contributed by atoms with Gasteiger partial charge in [-0.25, -0.2) is 9.59 Å². The normalized spacial score (nSPS) is 11.2. The Bertz CT molecular complexity index is 525. The summed E-state index contributed by atoms with van der Waals surface area (Å²) in [4.78, 5) is 33.4. The molecule has 20 heavy (non-hydrogen) atoms. The first kappa shape index (κ1) is 15.2. The van der Waals surface area contributed by atoms with E-state index in [2.05, 4.69) is 17.2 Å². The van der Waals surface area contributed by atoms with Crippen LogP contribution in [0.1, 0.15) is 16.8 Å². The van der Waals surface area contributed by atoms with Crippen LogP contribution in [0.2, 0.25) is 0 Å². The van der Waals surface area contributed by atoms with Crippen LogP contribution in [0.5, 0.6) is 0 Å². The lowest BCUT2D eigenvalue weighted by Gasteiger charge is -2.12. The molecule has 1 atom stereocenters. The van der Waals surface area contributed by atoms with E-state index < -0.39 is 23.9 Å². The summed E-state index contributed by atoms with van der Waals surface area (Å²) in [7, 11) is 0. The Balaban J connectivity index is 2.74. The molecule has 1 rings (SSSR count). The third-order valence-electron chi connectivity index (χ3n) is 2.42. The van der Waals surface area contributed by atoms with Crippen molar-refractivity contribution in [3.05, 3.63) is 42.5 Å². The second kappa shape index (κ2) is 6.93. The van der Waals surface area contributed by atoms with Crippen LogP contribution in [0.3, 0.4) is 0 Å². The van der Waals surface area contributed by atoms with Crippen LogP contribution < -0.4 is 16.4 Å². The molecule has 1 aromatic carbocycles. The lowest BCUT2D eigenvalue weighted by Crippen LogP contribution is -2.40. The molecule has 0 aliphatic rings. The van der Waals surface area contributed by atoms with E-state index in [1.54, 1.807) is 0 Å². The Morgan fingerprint density at radius 3 is 2.35 bits per heavy atom. The molecule has 7 heteroatoms. The van der Waals surface area contributed by atoms with Gasteiger partial charge in [0, 0.05) is 11.3 Å². The Kier molecular flexibility index (Phi) is 5.28. The van der Waals surface area contributed by atoms with Gasteiger partial charge in [-0.05, 0) is 30.7 Å². The Labute approximate surface area is 115 Å². The lowest BCUT2D eigenvalue weighted by molar-refractivity contribution is -0.139. The van der Waals surface area contributed by atoms with Crippen molar-refractivity contribution in [1.29, 1.82) is 0 Å². The molecule has 0 spiro atoms. The summed E-state index contributed by atoms with van der Waals surface area (Å²) >= 11 is 0. The highest BCUT2D eigenvalue weighted by molar-refractivity contribution is 5.97. The molecule has 0 aliphatic heterocycles. The fourth-order valence-electron chi connectivity index (χ4n) is 1.48. The molecule has 0 saturated heterocycles. The van der Waals surface area contributed by atoms with Gasteiger partial charge in [-0.2, -0.15) is 0 Å². The van der Waals surface area contributed by atoms with E-state index in [1.807, 2.05) is 0 Å². The second-order valence-corrected chi connectivity index (χ2v) is 3.96. The number of carbonyl (C=O) groups excluding carboxylic acids is 2. The highest BCUT2D eigenvalue weighted by Gasteiger charge is 2.18. The van der Waals surface area contributed by atoms with E-state index in [1.165, 1.54) is 30.3 Å². The van der Waals surface area contributed by atoms with Gasteiger partial charge in [0.1, 0.15) is 6.04 Å². The minimum atomic E-state index is -1.13. The number of rotatable bonds is 6. The molecule has 0 fully saturated rings. The number of hydrogen-bond donors (Lipinski definition) is 4. The minimum Gasteiger partial charge on any atom is -0.480 e. The molecule has 5 N–H and O–H groups in total. The molecular weight excluding hydrogens is 262 g/mol. The van der Waals surface area contributed by atoms with Crippen LogP contribution in [0.15, 0.2) is 36.9 Å². The van der Waals surface area contributed by atoms with Gasteiger partial charge in [0.15, 0.2) is 0 Å². The monoisotopic (exact) mass is 277 g/mol. The fraction of sp³-hybridized carbons (Fsp3) is 0.154. The van der Waals surface area contributed by atoms with Crippen LogP contribution in [-0.4, -0.2) is 29.1 Å². The quantitative estimate of drug-likeness (QED) is 0.578. The maximum absolute atomic E-state index is 11.8. The average Bonchev–Trinajstić information content (AvgIpc) is 2.38. The number of carboxylic acids is 1. The molecule has 0 bridgehead atoms. The van der Waals surface area contributed by atoms with Crippen LogP contribution in [0, 0.1) is 0 Å². The molecule has 0 heterocycles. The standard InChI is InChI=1S/C13H15N3O4/c1-2-3-10(12(18)19)16-11(17)8-4-6-9(7-5-8)15-13(14)20/h2,4-7,10H,1,3H2,(H,16,17)(H,18,19)(H3,14,15,20). The summed E-state index contributed by atoms with van der Waals surface area (Å²) in [5.74, 6) is -1.66. The predicted octanol–water partition coefficient (Wildman–Crippen LogP) is 0.936. The van der Waals surface area contributed by atoms with Gasteiger partial charge in [0.2, 0.25) is 0 Å². The number of urea groups is 1.